The van der Waals surface area contributed by atoms with Crippen molar-refractivity contribution in [2.75, 3.05) is 33.0 Å². The van der Waals surface area contributed by atoms with Gasteiger partial charge in [-0.25, -0.2) is 0 Å². The molecule has 0 fully saturated rings. The Hall–Kier alpha value is -0.660. The number of carbonyl (C=O) groups is 1. The van der Waals surface area contributed by atoms with Gasteiger partial charge < -0.3 is 4.74 Å². The molecule has 0 aliphatic heterocycles. The molecular formula is C24H50NO5S+. The Balaban J connectivity index is 3.59. The fourth-order valence-corrected chi connectivity index (χ4v) is 4.90. The van der Waals surface area contributed by atoms with Gasteiger partial charge >= 0.3 is 16.1 Å². The van der Waals surface area contributed by atoms with E-state index >= 15 is 0 Å². The highest BCUT2D eigenvalue weighted by atomic mass is 32.2. The van der Waals surface area contributed by atoms with Crippen LogP contribution in [0.3, 0.4) is 0 Å². The van der Waals surface area contributed by atoms with Crippen molar-refractivity contribution in [2.45, 2.75) is 117 Å². The predicted octanol–water partition coefficient (Wildman–Crippen LogP) is 6.15. The minimum atomic E-state index is -3.49. The molecule has 0 saturated heterocycles. The van der Waals surface area contributed by atoms with Gasteiger partial charge in [0.05, 0.1) is 26.5 Å². The molecule has 0 aromatic rings. The average molecular weight is 465 g/mol. The van der Waals surface area contributed by atoms with E-state index in [4.69, 9.17) is 9.02 Å². The van der Waals surface area contributed by atoms with Crippen LogP contribution in [0.1, 0.15) is 117 Å². The first kappa shape index (κ1) is 30.3. The number of hydrogen-bond donors (Lipinski definition) is 0. The van der Waals surface area contributed by atoms with Gasteiger partial charge in [-0.05, 0) is 32.1 Å². The minimum Gasteiger partial charge on any atom is -0.466 e. The summed E-state index contributed by atoms with van der Waals surface area (Å²) in [7, 11) is 0.0233. The number of hydrogen-bond acceptors (Lipinski definition) is 5. The van der Waals surface area contributed by atoms with Crippen molar-refractivity contribution >= 4 is 16.1 Å². The summed E-state index contributed by atoms with van der Waals surface area (Å²) >= 11 is 0. The van der Waals surface area contributed by atoms with E-state index in [0.29, 0.717) is 26.0 Å². The summed E-state index contributed by atoms with van der Waals surface area (Å²) in [6, 6.07) is 0. The number of quaternary nitrogens is 1. The van der Waals surface area contributed by atoms with E-state index in [9.17, 15) is 13.2 Å². The van der Waals surface area contributed by atoms with Crippen molar-refractivity contribution < 1.29 is 26.9 Å². The molecule has 0 amide bonds. The molecule has 0 aromatic carbocycles. The predicted molar refractivity (Wildman–Crippen MR) is 128 cm³/mol. The van der Waals surface area contributed by atoms with E-state index in [2.05, 4.69) is 6.92 Å². The average Bonchev–Trinajstić information content (AvgIpc) is 2.69. The molecule has 0 bridgehead atoms. The van der Waals surface area contributed by atoms with Crippen LogP contribution in [-0.4, -0.2) is 52.0 Å². The second-order valence-corrected chi connectivity index (χ2v) is 10.9. The van der Waals surface area contributed by atoms with Gasteiger partial charge in [-0.15, -0.1) is 0 Å². The second kappa shape index (κ2) is 18.9. The van der Waals surface area contributed by atoms with Crippen molar-refractivity contribution in [1.82, 2.24) is 0 Å². The molecule has 7 heteroatoms. The van der Waals surface area contributed by atoms with Crippen molar-refractivity contribution in [3.05, 3.63) is 0 Å². The third-order valence-corrected chi connectivity index (χ3v) is 6.82. The van der Waals surface area contributed by atoms with E-state index in [1.807, 2.05) is 6.92 Å². The first-order valence-electron chi connectivity index (χ1n) is 12.6. The zero-order valence-corrected chi connectivity index (χ0v) is 21.6. The van der Waals surface area contributed by atoms with Crippen molar-refractivity contribution in [3.8, 4) is 0 Å². The highest BCUT2D eigenvalue weighted by molar-refractivity contribution is 7.86. The molecule has 0 radical (unpaired) electrons. The Morgan fingerprint density at radius 1 is 0.710 bits per heavy atom. The van der Waals surface area contributed by atoms with Gasteiger partial charge in [0, 0.05) is 6.42 Å². The lowest BCUT2D eigenvalue weighted by Crippen LogP contribution is -2.42. The zero-order chi connectivity index (χ0) is 23.4. The summed E-state index contributed by atoms with van der Waals surface area (Å²) in [5.41, 5.74) is 0. The molecular weight excluding hydrogens is 414 g/mol. The summed E-state index contributed by atoms with van der Waals surface area (Å²) < 4.78 is 34.5. The maximum atomic E-state index is 11.9. The Morgan fingerprint density at radius 3 is 1.81 bits per heavy atom. The van der Waals surface area contributed by atoms with Crippen molar-refractivity contribution in [1.29, 1.82) is 0 Å². The Morgan fingerprint density at radius 2 is 1.23 bits per heavy atom. The fourth-order valence-electron chi connectivity index (χ4n) is 3.49. The molecule has 0 spiro atoms. The van der Waals surface area contributed by atoms with Crippen LogP contribution < -0.4 is 0 Å². The maximum absolute atomic E-state index is 11.9. The number of ether oxygens (including phenoxy) is 1. The lowest BCUT2D eigenvalue weighted by molar-refractivity contribution is -1.05. The van der Waals surface area contributed by atoms with Crippen LogP contribution in [0.4, 0.5) is 0 Å². The van der Waals surface area contributed by atoms with Crippen LogP contribution in [0, 0.1) is 0 Å². The van der Waals surface area contributed by atoms with Gasteiger partial charge in [0.15, 0.2) is 0 Å². The summed E-state index contributed by atoms with van der Waals surface area (Å²) in [6.45, 7) is 5.33. The zero-order valence-electron chi connectivity index (χ0n) is 20.8. The molecule has 0 aliphatic rings. The third-order valence-electron chi connectivity index (χ3n) is 5.40. The lowest BCUT2D eigenvalue weighted by Gasteiger charge is -2.25. The van der Waals surface area contributed by atoms with Gasteiger partial charge in [0.1, 0.15) is 6.54 Å². The Labute approximate surface area is 192 Å². The van der Waals surface area contributed by atoms with E-state index in [1.165, 1.54) is 51.4 Å². The van der Waals surface area contributed by atoms with E-state index in [0.717, 1.165) is 38.5 Å². The number of esters is 1. The standard InChI is InChI=1S/C24H50NO5S/c1-5-7-9-10-11-12-13-14-15-19-22-29-24(26)20-17-16-18-21-25(3,4)30-31(27,28)23-8-6-2/h5-23H2,1-4H3/q+1. The number of hydroxylamine groups is 3. The molecule has 0 saturated carbocycles. The van der Waals surface area contributed by atoms with Gasteiger partial charge in [-0.2, -0.15) is 13.1 Å². The topological polar surface area (TPSA) is 69.7 Å². The molecule has 0 rings (SSSR count). The first-order chi connectivity index (χ1) is 14.7. The van der Waals surface area contributed by atoms with Crippen molar-refractivity contribution in [3.63, 3.8) is 0 Å². The molecule has 0 unspecified atom stereocenters. The minimum absolute atomic E-state index is 0.00473. The Kier molecular flexibility index (Phi) is 18.5. The maximum Gasteiger partial charge on any atom is 0.314 e. The van der Waals surface area contributed by atoms with Crippen LogP contribution in [0.15, 0.2) is 0 Å². The molecule has 0 heterocycles. The summed E-state index contributed by atoms with van der Waals surface area (Å²) in [6.07, 6.45) is 17.0. The number of unbranched alkanes of at least 4 members (excludes halogenated alkanes) is 12. The normalized spacial score (nSPS) is 12.3. The molecule has 0 N–H and O–H groups in total. The number of rotatable bonds is 22. The summed E-state index contributed by atoms with van der Waals surface area (Å²) in [4.78, 5) is 11.8. The highest BCUT2D eigenvalue weighted by Gasteiger charge is 2.26. The van der Waals surface area contributed by atoms with Crippen LogP contribution in [0.5, 0.6) is 0 Å². The molecule has 0 aromatic heterocycles. The monoisotopic (exact) mass is 464 g/mol. The smallest absolute Gasteiger partial charge is 0.314 e. The largest absolute Gasteiger partial charge is 0.466 e. The van der Waals surface area contributed by atoms with Gasteiger partial charge in [-0.1, -0.05) is 82.3 Å². The van der Waals surface area contributed by atoms with Crippen molar-refractivity contribution in [2.24, 2.45) is 0 Å². The number of carbonyl (C=O) groups excluding carboxylic acids is 1. The van der Waals surface area contributed by atoms with Crippen LogP contribution in [-0.2, 0) is 23.9 Å². The van der Waals surface area contributed by atoms with Gasteiger partial charge in [0.2, 0.25) is 0 Å². The number of nitrogens with zero attached hydrogens (tertiary/aromatic N) is 1. The summed E-state index contributed by atoms with van der Waals surface area (Å²) in [5.74, 6) is -0.0566. The lowest BCUT2D eigenvalue weighted by atomic mass is 10.1. The molecule has 0 aliphatic carbocycles. The summed E-state index contributed by atoms with van der Waals surface area (Å²) in [5, 5.41) is 0. The Bertz CT molecular complexity index is 534. The molecule has 186 valence electrons. The van der Waals surface area contributed by atoms with Gasteiger partial charge in [0.25, 0.3) is 0 Å². The highest BCUT2D eigenvalue weighted by Crippen LogP contribution is 2.13. The van der Waals surface area contributed by atoms with E-state index < -0.39 is 10.1 Å². The molecule has 0 atom stereocenters. The van der Waals surface area contributed by atoms with Crippen LogP contribution in [0.2, 0.25) is 0 Å². The van der Waals surface area contributed by atoms with Gasteiger partial charge in [-0.3, -0.25) is 4.79 Å². The fraction of sp³-hybridized carbons (Fsp3) is 0.958. The van der Waals surface area contributed by atoms with E-state index in [1.54, 1.807) is 14.1 Å². The SMILES string of the molecule is CCCCCCCCCCCCOC(=O)CCCCC[N+](C)(C)OS(=O)(=O)CCCC. The first-order valence-corrected chi connectivity index (χ1v) is 14.2. The molecule has 6 nitrogen and oxygen atoms in total. The van der Waals surface area contributed by atoms with E-state index in [-0.39, 0.29) is 16.4 Å². The second-order valence-electron chi connectivity index (χ2n) is 9.20. The third kappa shape index (κ3) is 21.0. The quantitative estimate of drug-likeness (QED) is 0.0832. The van der Waals surface area contributed by atoms with Crippen LogP contribution in [0.25, 0.3) is 0 Å². The molecule has 31 heavy (non-hydrogen) atoms. The van der Waals surface area contributed by atoms with Crippen LogP contribution >= 0.6 is 0 Å².